The molecule has 2 heterocycles. The summed E-state index contributed by atoms with van der Waals surface area (Å²) in [4.78, 5) is 17.3. The van der Waals surface area contributed by atoms with Crippen LogP contribution in [0.2, 0.25) is 0 Å². The van der Waals surface area contributed by atoms with Crippen molar-refractivity contribution in [3.8, 4) is 5.69 Å². The first kappa shape index (κ1) is 21.6. The van der Waals surface area contributed by atoms with Crippen LogP contribution in [0.3, 0.4) is 0 Å². The largest absolute Gasteiger partial charge is 0.347 e. The van der Waals surface area contributed by atoms with E-state index in [0.717, 1.165) is 27.8 Å². The molecule has 0 aliphatic carbocycles. The number of hydrogen-bond donors (Lipinski definition) is 1. The van der Waals surface area contributed by atoms with Crippen LogP contribution in [0.15, 0.2) is 97.6 Å². The number of hydrogen-bond acceptors (Lipinski definition) is 3. The van der Waals surface area contributed by atoms with E-state index in [1.165, 1.54) is 12.1 Å². The molecule has 0 radical (unpaired) electrons. The Morgan fingerprint density at radius 1 is 0.971 bits per heavy atom. The Bertz CT molecular complexity index is 1390. The predicted molar refractivity (Wildman–Crippen MR) is 129 cm³/mol. The smallest absolute Gasteiger partial charge is 0.220 e. The van der Waals surface area contributed by atoms with Crippen molar-refractivity contribution in [2.45, 2.75) is 25.4 Å². The molecule has 34 heavy (non-hydrogen) atoms. The van der Waals surface area contributed by atoms with Crippen molar-refractivity contribution in [3.63, 3.8) is 0 Å². The third-order valence-electron chi connectivity index (χ3n) is 5.81. The highest BCUT2D eigenvalue weighted by Crippen LogP contribution is 2.20. The van der Waals surface area contributed by atoms with Crippen LogP contribution in [0.4, 0.5) is 4.39 Å². The molecule has 7 heteroatoms. The summed E-state index contributed by atoms with van der Waals surface area (Å²) in [6.45, 7) is 0.490. The fourth-order valence-electron chi connectivity index (χ4n) is 4.02. The van der Waals surface area contributed by atoms with Crippen molar-refractivity contribution in [1.29, 1.82) is 0 Å². The summed E-state index contributed by atoms with van der Waals surface area (Å²) in [7, 11) is 0. The highest BCUT2D eigenvalue weighted by molar-refractivity contribution is 5.77. The van der Waals surface area contributed by atoms with E-state index in [2.05, 4.69) is 15.4 Å². The number of para-hydroxylation sites is 3. The van der Waals surface area contributed by atoms with E-state index in [1.807, 2.05) is 65.4 Å². The number of carbonyl (C=O) groups excluding carboxylic acids is 1. The van der Waals surface area contributed by atoms with E-state index < -0.39 is 0 Å². The number of benzene rings is 3. The maximum absolute atomic E-state index is 13.5. The molecule has 5 aromatic rings. The van der Waals surface area contributed by atoms with E-state index in [-0.39, 0.29) is 17.8 Å². The molecule has 5 rings (SSSR count). The number of nitrogens with one attached hydrogen (secondary N) is 1. The lowest BCUT2D eigenvalue weighted by molar-refractivity contribution is -0.121. The summed E-state index contributed by atoms with van der Waals surface area (Å²) < 4.78 is 17.3. The maximum Gasteiger partial charge on any atom is 0.220 e. The van der Waals surface area contributed by atoms with Gasteiger partial charge in [0, 0.05) is 19.2 Å². The van der Waals surface area contributed by atoms with Gasteiger partial charge >= 0.3 is 0 Å². The SMILES string of the molecule is O=C(CCc1cnn(-c2ccccc2)c1)NC(Cn1cnc2ccccc21)c1ccc(F)cc1. The van der Waals surface area contributed by atoms with Gasteiger partial charge in [-0.25, -0.2) is 14.1 Å². The van der Waals surface area contributed by atoms with Gasteiger partial charge < -0.3 is 9.88 Å². The summed E-state index contributed by atoms with van der Waals surface area (Å²) in [5, 5.41) is 7.53. The summed E-state index contributed by atoms with van der Waals surface area (Å²) >= 11 is 0. The minimum Gasteiger partial charge on any atom is -0.347 e. The van der Waals surface area contributed by atoms with Crippen molar-refractivity contribution in [2.24, 2.45) is 0 Å². The van der Waals surface area contributed by atoms with Crippen LogP contribution in [0.25, 0.3) is 16.7 Å². The van der Waals surface area contributed by atoms with Gasteiger partial charge in [0.05, 0.1) is 35.3 Å². The maximum atomic E-state index is 13.5. The first-order valence-electron chi connectivity index (χ1n) is 11.2. The quantitative estimate of drug-likeness (QED) is 0.365. The van der Waals surface area contributed by atoms with Gasteiger partial charge in [-0.3, -0.25) is 4.79 Å². The molecule has 1 unspecified atom stereocenters. The molecule has 0 fully saturated rings. The van der Waals surface area contributed by atoms with Crippen molar-refractivity contribution in [2.75, 3.05) is 0 Å². The minimum absolute atomic E-state index is 0.0776. The van der Waals surface area contributed by atoms with Crippen molar-refractivity contribution >= 4 is 16.9 Å². The number of fused-ring (bicyclic) bond motifs is 1. The molecule has 2 aromatic heterocycles. The lowest BCUT2D eigenvalue weighted by Gasteiger charge is -2.20. The Morgan fingerprint density at radius 2 is 1.74 bits per heavy atom. The van der Waals surface area contributed by atoms with Crippen LogP contribution >= 0.6 is 0 Å². The van der Waals surface area contributed by atoms with Gasteiger partial charge in [0.15, 0.2) is 0 Å². The average Bonchev–Trinajstić information content (AvgIpc) is 3.51. The van der Waals surface area contributed by atoms with Gasteiger partial charge in [-0.2, -0.15) is 5.10 Å². The van der Waals surface area contributed by atoms with Crippen molar-refractivity contribution in [1.82, 2.24) is 24.6 Å². The normalized spacial score (nSPS) is 12.0. The number of imidazole rings is 1. The molecular weight excluding hydrogens is 429 g/mol. The van der Waals surface area contributed by atoms with E-state index >= 15 is 0 Å². The Hall–Kier alpha value is -4.26. The van der Waals surface area contributed by atoms with Crippen LogP contribution in [-0.4, -0.2) is 25.2 Å². The van der Waals surface area contributed by atoms with Gasteiger partial charge in [0.1, 0.15) is 5.82 Å². The molecule has 3 aromatic carbocycles. The predicted octanol–water partition coefficient (Wildman–Crippen LogP) is 4.85. The van der Waals surface area contributed by atoms with Gasteiger partial charge in [0.25, 0.3) is 0 Å². The number of rotatable bonds is 8. The summed E-state index contributed by atoms with van der Waals surface area (Å²) in [6, 6.07) is 23.6. The molecule has 0 spiro atoms. The number of carbonyl (C=O) groups is 1. The van der Waals surface area contributed by atoms with Gasteiger partial charge in [-0.15, -0.1) is 0 Å². The molecule has 0 saturated carbocycles. The molecule has 1 atom stereocenters. The van der Waals surface area contributed by atoms with E-state index in [1.54, 1.807) is 29.3 Å². The van der Waals surface area contributed by atoms with Crippen LogP contribution in [0.5, 0.6) is 0 Å². The van der Waals surface area contributed by atoms with Gasteiger partial charge in [-0.05, 0) is 53.9 Å². The molecule has 0 bridgehead atoms. The lowest BCUT2D eigenvalue weighted by atomic mass is 10.1. The zero-order valence-electron chi connectivity index (χ0n) is 18.5. The second-order valence-electron chi connectivity index (χ2n) is 8.19. The van der Waals surface area contributed by atoms with Gasteiger partial charge in [0.2, 0.25) is 5.91 Å². The Balaban J connectivity index is 1.28. The second-order valence-corrected chi connectivity index (χ2v) is 8.19. The highest BCUT2D eigenvalue weighted by atomic mass is 19.1. The molecule has 6 nitrogen and oxygen atoms in total. The molecule has 0 aliphatic rings. The third kappa shape index (κ3) is 4.88. The van der Waals surface area contributed by atoms with Crippen LogP contribution in [0.1, 0.15) is 23.6 Å². The fourth-order valence-corrected chi connectivity index (χ4v) is 4.02. The lowest BCUT2D eigenvalue weighted by Crippen LogP contribution is -2.31. The van der Waals surface area contributed by atoms with Crippen LogP contribution in [0, 0.1) is 5.82 Å². The summed E-state index contributed by atoms with van der Waals surface area (Å²) in [6.07, 6.45) is 6.39. The Morgan fingerprint density at radius 3 is 2.56 bits per heavy atom. The van der Waals surface area contributed by atoms with E-state index in [0.29, 0.717) is 19.4 Å². The molecule has 1 amide bonds. The summed E-state index contributed by atoms with van der Waals surface area (Å²) in [5.41, 5.74) is 4.67. The molecular formula is C27H24FN5O. The minimum atomic E-state index is -0.322. The molecule has 0 saturated heterocycles. The van der Waals surface area contributed by atoms with Crippen molar-refractivity contribution in [3.05, 3.63) is 115 Å². The molecule has 1 N–H and O–H groups in total. The van der Waals surface area contributed by atoms with Gasteiger partial charge in [-0.1, -0.05) is 42.5 Å². The van der Waals surface area contributed by atoms with Crippen molar-refractivity contribution < 1.29 is 9.18 Å². The standard InChI is InChI=1S/C27H24FN5O/c28-22-13-11-21(12-14-22)25(18-32-19-29-24-8-4-5-9-26(24)32)31-27(34)15-10-20-16-30-33(17-20)23-6-2-1-3-7-23/h1-9,11-14,16-17,19,25H,10,15,18H2,(H,31,34). The van der Waals surface area contributed by atoms with Crippen LogP contribution in [-0.2, 0) is 17.8 Å². The highest BCUT2D eigenvalue weighted by Gasteiger charge is 2.17. The van der Waals surface area contributed by atoms with E-state index in [4.69, 9.17) is 0 Å². The zero-order chi connectivity index (χ0) is 23.3. The number of halogens is 1. The van der Waals surface area contributed by atoms with Crippen LogP contribution < -0.4 is 5.32 Å². The third-order valence-corrected chi connectivity index (χ3v) is 5.81. The fraction of sp³-hybridized carbons (Fsp3) is 0.148. The Kier molecular flexibility index (Phi) is 6.16. The number of nitrogens with zero attached hydrogens (tertiary/aromatic N) is 4. The first-order chi connectivity index (χ1) is 16.7. The van der Waals surface area contributed by atoms with E-state index in [9.17, 15) is 9.18 Å². The Labute approximate surface area is 196 Å². The zero-order valence-corrected chi connectivity index (χ0v) is 18.5. The second kappa shape index (κ2) is 9.70. The number of amides is 1. The average molecular weight is 454 g/mol. The summed E-state index contributed by atoms with van der Waals surface area (Å²) in [5.74, 6) is -0.386. The first-order valence-corrected chi connectivity index (χ1v) is 11.2. The molecule has 170 valence electrons. The topological polar surface area (TPSA) is 64.7 Å². The molecule has 0 aliphatic heterocycles. The number of aromatic nitrogens is 4. The number of aryl methyl sites for hydroxylation is 1. The monoisotopic (exact) mass is 453 g/mol.